The third-order valence-corrected chi connectivity index (χ3v) is 4.09. The summed E-state index contributed by atoms with van der Waals surface area (Å²) in [5.41, 5.74) is 10.2. The van der Waals surface area contributed by atoms with E-state index in [4.69, 9.17) is 21.5 Å². The number of amides is 2. The van der Waals surface area contributed by atoms with Gasteiger partial charge in [-0.3, -0.25) is 25.0 Å². The van der Waals surface area contributed by atoms with Crippen molar-refractivity contribution in [3.63, 3.8) is 0 Å². The van der Waals surface area contributed by atoms with E-state index in [1.54, 1.807) is 12.1 Å². The topological polar surface area (TPSA) is 199 Å². The maximum atomic E-state index is 12.9. The fourth-order valence-corrected chi connectivity index (χ4v) is 2.63. The van der Waals surface area contributed by atoms with Crippen LogP contribution >= 0.6 is 0 Å². The molecule has 2 amide bonds. The summed E-state index contributed by atoms with van der Waals surface area (Å²) in [6.45, 7) is 0. The third kappa shape index (κ3) is 8.33. The second-order valence-corrected chi connectivity index (χ2v) is 6.16. The van der Waals surface area contributed by atoms with Gasteiger partial charge in [0.15, 0.2) is 0 Å². The molecule has 0 aliphatic rings. The number of rotatable bonds is 2. The van der Waals surface area contributed by atoms with E-state index in [-0.39, 0.29) is 46.8 Å². The number of nitrogen functional groups attached to an aromatic ring is 1. The molecule has 35 heavy (non-hydrogen) atoms. The molecular formula is C20H13F2N8NaO4. The van der Waals surface area contributed by atoms with E-state index < -0.39 is 17.6 Å². The van der Waals surface area contributed by atoms with E-state index in [1.165, 1.54) is 48.8 Å². The van der Waals surface area contributed by atoms with Crippen molar-refractivity contribution in [1.82, 2.24) is 15.4 Å². The van der Waals surface area contributed by atoms with Gasteiger partial charge in [-0.2, -0.15) is 0 Å². The minimum Gasteiger partial charge on any atom is -0.444 e. The van der Waals surface area contributed by atoms with Crippen LogP contribution in [0.2, 0.25) is 0 Å². The van der Waals surface area contributed by atoms with Crippen molar-refractivity contribution in [3.8, 4) is 0 Å². The second-order valence-electron chi connectivity index (χ2n) is 6.16. The number of hydrogen-bond donors (Lipinski definition) is 2. The average Bonchev–Trinajstić information content (AvgIpc) is 2.83. The van der Waals surface area contributed by atoms with Gasteiger partial charge in [0.2, 0.25) is 0 Å². The number of azide groups is 1. The minimum absolute atomic E-state index is 0. The molecule has 0 saturated heterocycles. The van der Waals surface area contributed by atoms with Crippen LogP contribution in [0.5, 0.6) is 0 Å². The monoisotopic (exact) mass is 490 g/mol. The van der Waals surface area contributed by atoms with Gasteiger partial charge >= 0.3 is 29.6 Å². The predicted molar refractivity (Wildman–Crippen MR) is 118 cm³/mol. The molecule has 2 heterocycles. The first-order valence-electron chi connectivity index (χ1n) is 8.99. The van der Waals surface area contributed by atoms with Gasteiger partial charge in [-0.15, -0.1) is 5.34 Å². The van der Waals surface area contributed by atoms with Crippen molar-refractivity contribution in [2.24, 2.45) is 16.3 Å². The summed E-state index contributed by atoms with van der Waals surface area (Å²) < 4.78 is 25.8. The number of halogens is 2. The molecule has 12 nitrogen and oxygen atoms in total. The van der Waals surface area contributed by atoms with Crippen LogP contribution in [-0.4, -0.2) is 21.8 Å². The number of carbonyl (C=O) groups is 2. The summed E-state index contributed by atoms with van der Waals surface area (Å²) in [5.74, 6) is 2.93. The molecule has 0 bridgehead atoms. The number of pyridine rings is 2. The Morgan fingerprint density at radius 1 is 0.914 bits per heavy atom. The Balaban J connectivity index is 0.000000308. The van der Waals surface area contributed by atoms with Crippen LogP contribution in [0.15, 0.2) is 71.4 Å². The van der Waals surface area contributed by atoms with E-state index in [0.717, 1.165) is 10.7 Å². The fourth-order valence-electron chi connectivity index (χ4n) is 2.63. The molecule has 3 N–H and O–H groups in total. The molecule has 0 radical (unpaired) electrons. The molecule has 2 aromatic carbocycles. The number of hydrogen-bond acceptors (Lipinski definition) is 8. The largest absolute Gasteiger partial charge is 1.00 e. The second kappa shape index (κ2) is 14.2. The van der Waals surface area contributed by atoms with Crippen molar-refractivity contribution in [2.75, 3.05) is 0 Å². The molecular weight excluding hydrogens is 477 g/mol. The summed E-state index contributed by atoms with van der Waals surface area (Å²) in [6.07, 6.45) is 2.92. The molecule has 0 aliphatic heterocycles. The number of carbonyl (C=O) groups excluding carboxylic acids is 2. The van der Waals surface area contributed by atoms with E-state index in [2.05, 4.69) is 20.0 Å². The van der Waals surface area contributed by atoms with Crippen LogP contribution in [-0.2, 0) is 0 Å². The van der Waals surface area contributed by atoms with Crippen molar-refractivity contribution in [1.29, 1.82) is 0 Å². The zero-order chi connectivity index (χ0) is 25.1. The maximum Gasteiger partial charge on any atom is 1.00 e. The number of nitrogens with one attached hydrogen (secondary N) is 1. The Kier molecular flexibility index (Phi) is 11.8. The van der Waals surface area contributed by atoms with Gasteiger partial charge in [0, 0.05) is 28.1 Å². The van der Waals surface area contributed by atoms with Gasteiger partial charge in [0.25, 0.3) is 11.8 Å². The normalized spacial score (nSPS) is 9.23. The number of nitrogens with zero attached hydrogens (tertiary/aromatic N) is 6. The molecule has 0 fully saturated rings. The quantitative estimate of drug-likeness (QED) is 0.0611. The molecule has 0 atom stereocenters. The molecule has 4 aromatic rings. The minimum atomic E-state index is -0.784. The van der Waals surface area contributed by atoms with Crippen molar-refractivity contribution in [2.45, 2.75) is 0 Å². The van der Waals surface area contributed by atoms with E-state index in [1.807, 2.05) is 5.43 Å². The zero-order valence-corrected chi connectivity index (χ0v) is 19.9. The van der Waals surface area contributed by atoms with Gasteiger partial charge in [-0.1, -0.05) is 0 Å². The first kappa shape index (κ1) is 29.0. The third-order valence-electron chi connectivity index (χ3n) is 4.09. The van der Waals surface area contributed by atoms with Gasteiger partial charge < -0.3 is 10.1 Å². The summed E-state index contributed by atoms with van der Waals surface area (Å²) in [4.78, 5) is 40.4. The molecule has 4 rings (SSSR count). The summed E-state index contributed by atoms with van der Waals surface area (Å²) >= 11 is 0. The number of fused-ring (bicyclic) bond motifs is 2. The van der Waals surface area contributed by atoms with E-state index in [9.17, 15) is 18.4 Å². The molecule has 0 aliphatic carbocycles. The summed E-state index contributed by atoms with van der Waals surface area (Å²) in [5, 5.41) is 14.5. The standard InChI is InChI=1S/C10H5FN4O.C10H8FN3O.HNO2.Na/c11-8-2-1-6-5-13-9(4-7(6)3-8)10(16)14-15-12;11-8-2-1-6-5-13-9(10(15)14-12)4-7(6)3-8;2-1-3;/h1-5H;1-5H,12H2,(H,14,15);(H,2,3);/q;;;+1/p-1. The Morgan fingerprint density at radius 2 is 1.37 bits per heavy atom. The van der Waals surface area contributed by atoms with Crippen LogP contribution < -0.4 is 40.8 Å². The van der Waals surface area contributed by atoms with E-state index in [0.29, 0.717) is 16.2 Å². The number of hydrazine groups is 1. The summed E-state index contributed by atoms with van der Waals surface area (Å²) in [6, 6.07) is 11.3. The van der Waals surface area contributed by atoms with Crippen molar-refractivity contribution >= 4 is 33.4 Å². The van der Waals surface area contributed by atoms with Crippen molar-refractivity contribution in [3.05, 3.63) is 105 Å². The average molecular weight is 490 g/mol. The number of nitrogens with two attached hydrogens (primary N) is 1. The maximum absolute atomic E-state index is 12.9. The van der Waals surface area contributed by atoms with E-state index >= 15 is 0 Å². The Bertz CT molecular complexity index is 1420. The van der Waals surface area contributed by atoms with Gasteiger partial charge in [0.05, 0.1) is 0 Å². The van der Waals surface area contributed by atoms with Gasteiger partial charge in [-0.05, 0) is 69.9 Å². The number of aromatic nitrogens is 2. The first-order valence-corrected chi connectivity index (χ1v) is 8.99. The first-order chi connectivity index (χ1) is 16.3. The van der Waals surface area contributed by atoms with Crippen LogP contribution in [0.4, 0.5) is 8.78 Å². The molecule has 172 valence electrons. The van der Waals surface area contributed by atoms with Crippen molar-refractivity contribution < 1.29 is 47.9 Å². The zero-order valence-electron chi connectivity index (χ0n) is 17.9. The molecule has 15 heteroatoms. The fraction of sp³-hybridized carbons (Fsp3) is 0. The Morgan fingerprint density at radius 3 is 1.83 bits per heavy atom. The van der Waals surface area contributed by atoms with Gasteiger partial charge in [0.1, 0.15) is 23.0 Å². The molecule has 2 aromatic heterocycles. The van der Waals surface area contributed by atoms with Crippen LogP contribution in [0.3, 0.4) is 0 Å². The Hall–Kier alpha value is -4.07. The smallest absolute Gasteiger partial charge is 0.444 e. The van der Waals surface area contributed by atoms with Gasteiger partial charge in [-0.25, -0.2) is 14.6 Å². The van der Waals surface area contributed by atoms with Crippen LogP contribution in [0, 0.1) is 21.7 Å². The predicted octanol–water partition coefficient (Wildman–Crippen LogP) is 1.06. The van der Waals surface area contributed by atoms with Crippen LogP contribution in [0.1, 0.15) is 21.0 Å². The van der Waals surface area contributed by atoms with Crippen LogP contribution in [0.25, 0.3) is 32.0 Å². The number of benzene rings is 2. The SMILES string of the molecule is NNC(=O)c1cc2cc(F)ccc2cn1.O=N[O-].[N-]=[N+]=NC(=O)c1cc2cc(F)ccc2cn1.[Na+]. The Labute approximate surface area is 217 Å². The molecule has 0 spiro atoms. The summed E-state index contributed by atoms with van der Waals surface area (Å²) in [7, 11) is 0. The molecule has 0 saturated carbocycles. The molecule has 0 unspecified atom stereocenters.